The molecule has 0 saturated heterocycles. The second-order valence-electron chi connectivity index (χ2n) is 2.88. The van der Waals surface area contributed by atoms with Crippen molar-refractivity contribution in [2.24, 2.45) is 0 Å². The molecule has 2 aromatic rings. The molecule has 0 bridgehead atoms. The third-order valence-electron chi connectivity index (χ3n) is 1.77. The van der Waals surface area contributed by atoms with Crippen molar-refractivity contribution in [3.05, 3.63) is 30.2 Å². The standard InChI is InChI=1S/C8H4AsF3N4/c9-5-3-6(8(10,11)12)7(13-4-5)16-14-1-2-15-16/h1-4H. The summed E-state index contributed by atoms with van der Waals surface area (Å²) in [7, 11) is 0. The number of aromatic nitrogens is 4. The molecular formula is C8H4AsF3N4. The van der Waals surface area contributed by atoms with Gasteiger partial charge in [-0.3, -0.25) is 0 Å². The Hall–Kier alpha value is -1.36. The molecule has 16 heavy (non-hydrogen) atoms. The first kappa shape index (κ1) is 11.1. The monoisotopic (exact) mass is 288 g/mol. The zero-order valence-electron chi connectivity index (χ0n) is 7.68. The van der Waals surface area contributed by atoms with Crippen LogP contribution in [-0.2, 0) is 6.18 Å². The normalized spacial score (nSPS) is 11.8. The Morgan fingerprint density at radius 1 is 1.19 bits per heavy atom. The third-order valence-corrected chi connectivity index (χ3v) is 2.28. The molecule has 4 nitrogen and oxygen atoms in total. The van der Waals surface area contributed by atoms with Gasteiger partial charge in [-0.05, 0) is 0 Å². The van der Waals surface area contributed by atoms with Crippen LogP contribution >= 0.6 is 0 Å². The predicted octanol–water partition coefficient (Wildman–Crippen LogP) is 0.475. The van der Waals surface area contributed by atoms with Crippen molar-refractivity contribution < 1.29 is 13.2 Å². The Morgan fingerprint density at radius 3 is 2.38 bits per heavy atom. The van der Waals surface area contributed by atoms with Crippen molar-refractivity contribution in [2.75, 3.05) is 0 Å². The van der Waals surface area contributed by atoms with E-state index in [0.29, 0.717) is 4.35 Å². The number of pyridine rings is 1. The van der Waals surface area contributed by atoms with E-state index in [1.54, 1.807) is 0 Å². The van der Waals surface area contributed by atoms with Crippen LogP contribution < -0.4 is 4.35 Å². The van der Waals surface area contributed by atoms with Crippen LogP contribution in [0.1, 0.15) is 5.56 Å². The van der Waals surface area contributed by atoms with Gasteiger partial charge in [-0.15, -0.1) is 0 Å². The van der Waals surface area contributed by atoms with Gasteiger partial charge in [-0.1, -0.05) is 0 Å². The molecule has 2 radical (unpaired) electrons. The molecule has 2 rings (SSSR count). The molecule has 0 aliphatic heterocycles. The fourth-order valence-electron chi connectivity index (χ4n) is 1.14. The van der Waals surface area contributed by atoms with Gasteiger partial charge in [-0.25, -0.2) is 0 Å². The second-order valence-corrected chi connectivity index (χ2v) is 3.96. The van der Waals surface area contributed by atoms with Gasteiger partial charge in [0.1, 0.15) is 0 Å². The van der Waals surface area contributed by atoms with Crippen LogP contribution in [0.2, 0.25) is 0 Å². The molecule has 0 unspecified atom stereocenters. The fraction of sp³-hybridized carbons (Fsp3) is 0.125. The first-order valence-electron chi connectivity index (χ1n) is 4.11. The Labute approximate surface area is 97.0 Å². The average molecular weight is 288 g/mol. The van der Waals surface area contributed by atoms with Gasteiger partial charge in [0.05, 0.1) is 0 Å². The number of rotatable bonds is 1. The summed E-state index contributed by atoms with van der Waals surface area (Å²) in [5.41, 5.74) is -0.859. The summed E-state index contributed by atoms with van der Waals surface area (Å²) in [6.45, 7) is 0. The zero-order valence-corrected chi connectivity index (χ0v) is 9.56. The number of alkyl halides is 3. The van der Waals surface area contributed by atoms with E-state index in [2.05, 4.69) is 15.2 Å². The van der Waals surface area contributed by atoms with E-state index in [1.807, 2.05) is 16.9 Å². The van der Waals surface area contributed by atoms with Gasteiger partial charge in [0.25, 0.3) is 0 Å². The molecule has 0 aromatic carbocycles. The van der Waals surface area contributed by atoms with Gasteiger partial charge < -0.3 is 0 Å². The van der Waals surface area contributed by atoms with Crippen molar-refractivity contribution in [1.82, 2.24) is 20.0 Å². The van der Waals surface area contributed by atoms with Crippen LogP contribution in [0.5, 0.6) is 0 Å². The van der Waals surface area contributed by atoms with Crippen LogP contribution in [0.15, 0.2) is 24.7 Å². The Kier molecular flexibility index (Phi) is 2.71. The third kappa shape index (κ3) is 2.09. The average Bonchev–Trinajstić information content (AvgIpc) is 2.69. The van der Waals surface area contributed by atoms with E-state index in [9.17, 15) is 13.2 Å². The number of nitrogens with zero attached hydrogens (tertiary/aromatic N) is 4. The molecule has 0 fully saturated rings. The first-order valence-corrected chi connectivity index (χ1v) is 5.05. The van der Waals surface area contributed by atoms with Crippen LogP contribution in [0, 0.1) is 0 Å². The van der Waals surface area contributed by atoms with E-state index in [-0.39, 0.29) is 5.82 Å². The van der Waals surface area contributed by atoms with E-state index in [1.165, 1.54) is 18.6 Å². The van der Waals surface area contributed by atoms with Gasteiger partial charge in [0.15, 0.2) is 0 Å². The maximum absolute atomic E-state index is 12.7. The Balaban J connectivity index is 2.62. The molecular weight excluding hydrogens is 284 g/mol. The van der Waals surface area contributed by atoms with Gasteiger partial charge >= 0.3 is 96.6 Å². The van der Waals surface area contributed by atoms with E-state index in [4.69, 9.17) is 0 Å². The van der Waals surface area contributed by atoms with Gasteiger partial charge in [-0.2, -0.15) is 0 Å². The minimum absolute atomic E-state index is 0.327. The topological polar surface area (TPSA) is 43.6 Å². The first-order chi connectivity index (χ1) is 7.48. The summed E-state index contributed by atoms with van der Waals surface area (Å²) in [4.78, 5) is 4.53. The molecule has 0 aliphatic rings. The van der Waals surface area contributed by atoms with Gasteiger partial charge in [0.2, 0.25) is 0 Å². The van der Waals surface area contributed by atoms with Gasteiger partial charge in [0, 0.05) is 0 Å². The van der Waals surface area contributed by atoms with Crippen LogP contribution in [0.3, 0.4) is 0 Å². The molecule has 8 heteroatoms. The molecule has 0 spiro atoms. The minimum atomic E-state index is -4.48. The number of hydrogen-bond acceptors (Lipinski definition) is 3. The summed E-state index contributed by atoms with van der Waals surface area (Å²) in [6.07, 6.45) is -0.588. The molecule has 0 aliphatic carbocycles. The summed E-state index contributed by atoms with van der Waals surface area (Å²) < 4.78 is 38.5. The molecule has 0 amide bonds. The van der Waals surface area contributed by atoms with Crippen LogP contribution in [-0.4, -0.2) is 36.8 Å². The summed E-state index contributed by atoms with van der Waals surface area (Å²) in [6, 6.07) is 0.992. The molecule has 82 valence electrons. The van der Waals surface area contributed by atoms with E-state index in [0.717, 1.165) is 10.9 Å². The SMILES string of the molecule is FC(F)(F)c1cc([As])cnc1-n1nccn1. The quantitative estimate of drug-likeness (QED) is 0.717. The van der Waals surface area contributed by atoms with Crippen molar-refractivity contribution in [2.45, 2.75) is 6.18 Å². The van der Waals surface area contributed by atoms with Crippen molar-refractivity contribution in [3.63, 3.8) is 0 Å². The molecule has 0 N–H and O–H groups in total. The van der Waals surface area contributed by atoms with E-state index >= 15 is 0 Å². The van der Waals surface area contributed by atoms with Crippen molar-refractivity contribution >= 4 is 21.2 Å². The summed E-state index contributed by atoms with van der Waals surface area (Å²) in [5.74, 6) is -0.327. The second kappa shape index (κ2) is 3.90. The maximum atomic E-state index is 12.7. The molecule has 0 saturated carbocycles. The Morgan fingerprint density at radius 2 is 1.81 bits per heavy atom. The number of hydrogen-bond donors (Lipinski definition) is 0. The molecule has 2 aromatic heterocycles. The summed E-state index contributed by atoms with van der Waals surface area (Å²) in [5, 5.41) is 7.26. The van der Waals surface area contributed by atoms with Crippen molar-refractivity contribution in [1.29, 1.82) is 0 Å². The summed E-state index contributed by atoms with van der Waals surface area (Å²) >= 11 is 2.01. The molecule has 0 atom stereocenters. The fourth-order valence-corrected chi connectivity index (χ4v) is 1.53. The van der Waals surface area contributed by atoms with Crippen LogP contribution in [0.4, 0.5) is 13.2 Å². The predicted molar refractivity (Wildman–Crippen MR) is 49.5 cm³/mol. The van der Waals surface area contributed by atoms with Crippen LogP contribution in [0.25, 0.3) is 5.82 Å². The number of halogens is 3. The zero-order chi connectivity index (χ0) is 11.8. The molecule has 2 heterocycles. The van der Waals surface area contributed by atoms with Crippen molar-refractivity contribution in [3.8, 4) is 5.82 Å². The Bertz CT molecular complexity index is 494. The van der Waals surface area contributed by atoms with E-state index < -0.39 is 11.7 Å².